The maximum Gasteiger partial charge on any atom is 0.0572 e. The van der Waals surface area contributed by atoms with Crippen LogP contribution < -0.4 is 0 Å². The van der Waals surface area contributed by atoms with E-state index in [1.807, 2.05) is 24.4 Å². The zero-order valence-electron chi connectivity index (χ0n) is 12.5. The van der Waals surface area contributed by atoms with Gasteiger partial charge in [-0.15, -0.1) is 0 Å². The molecular formula is C18H22N2. The predicted molar refractivity (Wildman–Crippen MR) is 85.4 cm³/mol. The summed E-state index contributed by atoms with van der Waals surface area (Å²) >= 11 is 0. The van der Waals surface area contributed by atoms with E-state index in [1.54, 1.807) is 0 Å². The summed E-state index contributed by atoms with van der Waals surface area (Å²) in [5.41, 5.74) is 3.72. The Morgan fingerprint density at radius 1 is 1.15 bits per heavy atom. The first-order chi connectivity index (χ1) is 9.66. The Balaban J connectivity index is 2.01. The number of likely N-dealkylation sites (N-methyl/N-ethyl adjacent to an activating group) is 1. The molecule has 0 aliphatic heterocycles. The molecule has 1 atom stereocenters. The van der Waals surface area contributed by atoms with E-state index in [0.29, 0.717) is 6.04 Å². The van der Waals surface area contributed by atoms with Gasteiger partial charge >= 0.3 is 0 Å². The molecule has 0 bridgehead atoms. The molecule has 2 rings (SSSR count). The number of nitrogens with zero attached hydrogens (tertiary/aromatic N) is 2. The van der Waals surface area contributed by atoms with Gasteiger partial charge < -0.3 is 0 Å². The van der Waals surface area contributed by atoms with Crippen LogP contribution >= 0.6 is 0 Å². The summed E-state index contributed by atoms with van der Waals surface area (Å²) in [6.45, 7) is 5.30. The fourth-order valence-electron chi connectivity index (χ4n) is 2.26. The molecule has 20 heavy (non-hydrogen) atoms. The van der Waals surface area contributed by atoms with Crippen LogP contribution in [0.4, 0.5) is 0 Å². The molecule has 2 heteroatoms. The van der Waals surface area contributed by atoms with Crippen molar-refractivity contribution in [3.05, 3.63) is 71.6 Å². The Labute approximate surface area is 121 Å². The third kappa shape index (κ3) is 4.04. The molecule has 0 fully saturated rings. The summed E-state index contributed by atoms with van der Waals surface area (Å²) in [6, 6.07) is 16.8. The summed E-state index contributed by atoms with van der Waals surface area (Å²) in [5.74, 6) is 0. The lowest BCUT2D eigenvalue weighted by atomic mass is 10.1. The molecule has 0 unspecified atom stereocenters. The lowest BCUT2D eigenvalue weighted by Crippen LogP contribution is -2.24. The summed E-state index contributed by atoms with van der Waals surface area (Å²) in [5, 5.41) is 0. The topological polar surface area (TPSA) is 16.1 Å². The zero-order chi connectivity index (χ0) is 14.4. The monoisotopic (exact) mass is 266 g/mol. The maximum atomic E-state index is 4.43. The molecule has 0 aliphatic rings. The molecule has 2 aromatic rings. The van der Waals surface area contributed by atoms with E-state index in [4.69, 9.17) is 0 Å². The van der Waals surface area contributed by atoms with Gasteiger partial charge in [-0.3, -0.25) is 9.88 Å². The van der Waals surface area contributed by atoms with Crippen LogP contribution in [0.25, 0.3) is 6.08 Å². The second kappa shape index (κ2) is 7.01. The maximum absolute atomic E-state index is 4.43. The largest absolute Gasteiger partial charge is 0.294 e. The van der Waals surface area contributed by atoms with Crippen LogP contribution in [0, 0.1) is 0 Å². The fraction of sp³-hybridized carbons (Fsp3) is 0.278. The van der Waals surface area contributed by atoms with Gasteiger partial charge in [-0.25, -0.2) is 0 Å². The van der Waals surface area contributed by atoms with Crippen molar-refractivity contribution >= 4 is 6.08 Å². The highest BCUT2D eigenvalue weighted by Crippen LogP contribution is 2.17. The van der Waals surface area contributed by atoms with Gasteiger partial charge in [0.25, 0.3) is 0 Å². The van der Waals surface area contributed by atoms with E-state index in [2.05, 4.69) is 67.2 Å². The third-order valence-electron chi connectivity index (χ3n) is 3.49. The van der Waals surface area contributed by atoms with Crippen LogP contribution in [0.2, 0.25) is 0 Å². The van der Waals surface area contributed by atoms with Gasteiger partial charge in [-0.05, 0) is 38.6 Å². The smallest absolute Gasteiger partial charge is 0.0572 e. The number of hydrogen-bond donors (Lipinski definition) is 0. The van der Waals surface area contributed by atoms with Crippen LogP contribution in [0.3, 0.4) is 0 Å². The summed E-state index contributed by atoms with van der Waals surface area (Å²) in [4.78, 5) is 6.75. The molecule has 2 nitrogen and oxygen atoms in total. The fourth-order valence-corrected chi connectivity index (χ4v) is 2.26. The summed E-state index contributed by atoms with van der Waals surface area (Å²) in [7, 11) is 2.14. The highest BCUT2D eigenvalue weighted by molar-refractivity contribution is 5.52. The Morgan fingerprint density at radius 2 is 1.85 bits per heavy atom. The third-order valence-corrected chi connectivity index (χ3v) is 3.49. The van der Waals surface area contributed by atoms with Crippen LogP contribution in [0.1, 0.15) is 31.1 Å². The molecule has 1 aromatic carbocycles. The molecule has 0 saturated carbocycles. The van der Waals surface area contributed by atoms with E-state index in [-0.39, 0.29) is 0 Å². The van der Waals surface area contributed by atoms with Crippen molar-refractivity contribution in [2.75, 3.05) is 13.6 Å². The second-order valence-electron chi connectivity index (χ2n) is 5.25. The molecule has 1 heterocycles. The molecule has 0 aliphatic carbocycles. The molecule has 0 radical (unpaired) electrons. The van der Waals surface area contributed by atoms with Gasteiger partial charge in [0.05, 0.1) is 5.69 Å². The minimum absolute atomic E-state index is 0.315. The Morgan fingerprint density at radius 3 is 2.50 bits per heavy atom. The molecule has 104 valence electrons. The normalized spacial score (nSPS) is 13.5. The average molecular weight is 266 g/mol. The van der Waals surface area contributed by atoms with E-state index >= 15 is 0 Å². The second-order valence-corrected chi connectivity index (χ2v) is 5.25. The lowest BCUT2D eigenvalue weighted by Gasteiger charge is -2.24. The van der Waals surface area contributed by atoms with Crippen molar-refractivity contribution in [3.8, 4) is 0 Å². The molecule has 0 spiro atoms. The van der Waals surface area contributed by atoms with Crippen molar-refractivity contribution in [1.82, 2.24) is 9.88 Å². The average Bonchev–Trinajstić information content (AvgIpc) is 2.48. The van der Waals surface area contributed by atoms with Crippen molar-refractivity contribution in [2.45, 2.75) is 19.9 Å². The number of hydrogen-bond acceptors (Lipinski definition) is 2. The lowest BCUT2D eigenvalue weighted by molar-refractivity contribution is 0.279. The highest BCUT2D eigenvalue weighted by atomic mass is 15.1. The SMILES string of the molecule is C/C(=C\c1ccccc1)CN(C)[C@@H](C)c1ccccn1. The zero-order valence-corrected chi connectivity index (χ0v) is 12.5. The molecule has 0 N–H and O–H groups in total. The first-order valence-corrected chi connectivity index (χ1v) is 7.00. The summed E-state index contributed by atoms with van der Waals surface area (Å²) in [6.07, 6.45) is 4.09. The molecule has 1 aromatic heterocycles. The highest BCUT2D eigenvalue weighted by Gasteiger charge is 2.12. The standard InChI is InChI=1S/C18H22N2/c1-15(13-17-9-5-4-6-10-17)14-20(3)16(2)18-11-7-8-12-19-18/h4-13,16H,14H2,1-3H3/b15-13+/t16-/m0/s1. The van der Waals surface area contributed by atoms with Gasteiger partial charge in [0, 0.05) is 18.8 Å². The number of benzene rings is 1. The number of aromatic nitrogens is 1. The summed E-state index contributed by atoms with van der Waals surface area (Å²) < 4.78 is 0. The van der Waals surface area contributed by atoms with Crippen molar-refractivity contribution in [3.63, 3.8) is 0 Å². The quantitative estimate of drug-likeness (QED) is 0.807. The Kier molecular flexibility index (Phi) is 5.08. The Hall–Kier alpha value is -1.93. The minimum atomic E-state index is 0.315. The minimum Gasteiger partial charge on any atom is -0.294 e. The molecular weight excluding hydrogens is 244 g/mol. The van der Waals surface area contributed by atoms with Gasteiger partial charge in [-0.2, -0.15) is 0 Å². The van der Waals surface area contributed by atoms with E-state index in [9.17, 15) is 0 Å². The van der Waals surface area contributed by atoms with Crippen LogP contribution in [0.5, 0.6) is 0 Å². The first kappa shape index (κ1) is 14.5. The van der Waals surface area contributed by atoms with E-state index in [0.717, 1.165) is 12.2 Å². The van der Waals surface area contributed by atoms with E-state index in [1.165, 1.54) is 11.1 Å². The van der Waals surface area contributed by atoms with Crippen molar-refractivity contribution in [1.29, 1.82) is 0 Å². The van der Waals surface area contributed by atoms with Crippen LogP contribution in [0.15, 0.2) is 60.3 Å². The van der Waals surface area contributed by atoms with Gasteiger partial charge in [0.1, 0.15) is 0 Å². The number of rotatable bonds is 5. The van der Waals surface area contributed by atoms with Crippen LogP contribution in [-0.4, -0.2) is 23.5 Å². The van der Waals surface area contributed by atoms with Crippen molar-refractivity contribution < 1.29 is 0 Å². The molecule has 0 saturated heterocycles. The van der Waals surface area contributed by atoms with E-state index < -0.39 is 0 Å². The molecule has 0 amide bonds. The first-order valence-electron chi connectivity index (χ1n) is 7.00. The van der Waals surface area contributed by atoms with Crippen LogP contribution in [-0.2, 0) is 0 Å². The van der Waals surface area contributed by atoms with Gasteiger partial charge in [-0.1, -0.05) is 48.0 Å². The number of pyridine rings is 1. The predicted octanol–water partition coefficient (Wildman–Crippen LogP) is 4.18. The Bertz CT molecular complexity index is 546. The van der Waals surface area contributed by atoms with Crippen molar-refractivity contribution in [2.24, 2.45) is 0 Å². The van der Waals surface area contributed by atoms with Gasteiger partial charge in [0.15, 0.2) is 0 Å². The van der Waals surface area contributed by atoms with Gasteiger partial charge in [0.2, 0.25) is 0 Å².